The SMILES string of the molecule is CCOC(=O)c1cnn2c(N(C)Cc3ccccc3)cc(-c3cn(C4CCOC[C@@H]4OC)c4ncccc34)nc12. The molecule has 0 radical (unpaired) electrons. The van der Waals surface area contributed by atoms with Crippen molar-refractivity contribution in [2.24, 2.45) is 0 Å². The average molecular weight is 541 g/mol. The summed E-state index contributed by atoms with van der Waals surface area (Å²) in [5, 5.41) is 5.51. The number of fused-ring (bicyclic) bond motifs is 2. The first-order valence-corrected chi connectivity index (χ1v) is 13.5. The number of hydrogen-bond donors (Lipinski definition) is 0. The summed E-state index contributed by atoms with van der Waals surface area (Å²) in [7, 11) is 3.72. The van der Waals surface area contributed by atoms with Crippen LogP contribution in [0.15, 0.2) is 67.1 Å². The van der Waals surface area contributed by atoms with Gasteiger partial charge in [-0.1, -0.05) is 30.3 Å². The Hall–Kier alpha value is -4.28. The van der Waals surface area contributed by atoms with Crippen molar-refractivity contribution < 1.29 is 19.0 Å². The van der Waals surface area contributed by atoms with Gasteiger partial charge < -0.3 is 23.7 Å². The van der Waals surface area contributed by atoms with Crippen molar-refractivity contribution in [3.63, 3.8) is 0 Å². The maximum atomic E-state index is 12.9. The molecule has 0 amide bonds. The standard InChI is InChI=1S/C30H32N6O4/c1-4-40-30(37)22-16-32-36-27(34(2)17-20-9-6-5-7-10-20)15-24(33-29(22)36)23-18-35(28-21(23)11-8-13-31-28)25-12-14-39-19-26(25)38-3/h5-11,13,15-16,18,25-26H,4,12,14,17,19H2,1-3H3/t25?,26-/m0/s1. The van der Waals surface area contributed by atoms with E-state index < -0.39 is 5.97 Å². The minimum Gasteiger partial charge on any atom is -0.462 e. The molecular weight excluding hydrogens is 508 g/mol. The molecule has 1 aliphatic rings. The second-order valence-corrected chi connectivity index (χ2v) is 9.89. The van der Waals surface area contributed by atoms with E-state index in [1.165, 1.54) is 6.20 Å². The van der Waals surface area contributed by atoms with Gasteiger partial charge in [0.05, 0.1) is 31.1 Å². The van der Waals surface area contributed by atoms with Crippen LogP contribution in [-0.2, 0) is 20.8 Å². The molecule has 0 aliphatic carbocycles. The largest absolute Gasteiger partial charge is 0.462 e. The van der Waals surface area contributed by atoms with Gasteiger partial charge in [0.2, 0.25) is 0 Å². The topological polar surface area (TPSA) is 96.0 Å². The van der Waals surface area contributed by atoms with Crippen LogP contribution in [0.2, 0.25) is 0 Å². The van der Waals surface area contributed by atoms with E-state index in [4.69, 9.17) is 24.2 Å². The molecule has 0 bridgehead atoms. The fraction of sp³-hybridized carbons (Fsp3) is 0.333. The first-order valence-electron chi connectivity index (χ1n) is 13.5. The lowest BCUT2D eigenvalue weighted by molar-refractivity contribution is -0.0592. The van der Waals surface area contributed by atoms with Gasteiger partial charge in [-0.15, -0.1) is 0 Å². The smallest absolute Gasteiger partial charge is 0.343 e. The van der Waals surface area contributed by atoms with Crippen LogP contribution in [-0.4, -0.2) is 70.2 Å². The van der Waals surface area contributed by atoms with Crippen LogP contribution in [0, 0.1) is 0 Å². The highest BCUT2D eigenvalue weighted by molar-refractivity contribution is 5.98. The van der Waals surface area contributed by atoms with Crippen LogP contribution < -0.4 is 4.90 Å². The zero-order chi connectivity index (χ0) is 27.6. The Morgan fingerprint density at radius 2 is 2.02 bits per heavy atom. The minimum absolute atomic E-state index is 0.0684. The first-order chi connectivity index (χ1) is 19.6. The molecule has 1 saturated heterocycles. The summed E-state index contributed by atoms with van der Waals surface area (Å²) >= 11 is 0. The number of aromatic nitrogens is 5. The normalized spacial score (nSPS) is 17.4. The van der Waals surface area contributed by atoms with Gasteiger partial charge in [-0.2, -0.15) is 9.61 Å². The summed E-state index contributed by atoms with van der Waals surface area (Å²) < 4.78 is 20.7. The molecule has 40 heavy (non-hydrogen) atoms. The summed E-state index contributed by atoms with van der Waals surface area (Å²) in [4.78, 5) is 24.7. The van der Waals surface area contributed by atoms with Crippen molar-refractivity contribution in [1.82, 2.24) is 24.1 Å². The van der Waals surface area contributed by atoms with Gasteiger partial charge >= 0.3 is 5.97 Å². The first kappa shape index (κ1) is 26.0. The van der Waals surface area contributed by atoms with E-state index in [9.17, 15) is 4.79 Å². The number of pyridine rings is 1. The van der Waals surface area contributed by atoms with Crippen molar-refractivity contribution in [2.75, 3.05) is 38.9 Å². The predicted molar refractivity (Wildman–Crippen MR) is 151 cm³/mol. The number of ether oxygens (including phenoxy) is 3. The lowest BCUT2D eigenvalue weighted by Crippen LogP contribution is -2.35. The van der Waals surface area contributed by atoms with E-state index in [0.717, 1.165) is 34.4 Å². The molecule has 206 valence electrons. The van der Waals surface area contributed by atoms with Crippen LogP contribution in [0.25, 0.3) is 27.9 Å². The Labute approximate surface area is 232 Å². The number of benzene rings is 1. The summed E-state index contributed by atoms with van der Waals surface area (Å²) in [6, 6.07) is 16.3. The van der Waals surface area contributed by atoms with Crippen molar-refractivity contribution in [1.29, 1.82) is 0 Å². The van der Waals surface area contributed by atoms with Crippen LogP contribution in [0.4, 0.5) is 5.82 Å². The minimum atomic E-state index is -0.451. The molecule has 0 saturated carbocycles. The molecule has 5 aromatic rings. The molecule has 10 heteroatoms. The van der Waals surface area contributed by atoms with E-state index in [1.54, 1.807) is 24.7 Å². The second kappa shape index (κ2) is 11.1. The molecule has 0 spiro atoms. The lowest BCUT2D eigenvalue weighted by Gasteiger charge is -2.31. The summed E-state index contributed by atoms with van der Waals surface area (Å²) in [6.45, 7) is 3.88. The number of nitrogens with zero attached hydrogens (tertiary/aromatic N) is 6. The highest BCUT2D eigenvalue weighted by Crippen LogP contribution is 2.36. The number of carbonyl (C=O) groups excluding carboxylic acids is 1. The Balaban J connectivity index is 1.53. The van der Waals surface area contributed by atoms with Crippen molar-refractivity contribution >= 4 is 28.5 Å². The van der Waals surface area contributed by atoms with E-state index in [2.05, 4.69) is 39.0 Å². The number of carbonyl (C=O) groups is 1. The summed E-state index contributed by atoms with van der Waals surface area (Å²) in [5.74, 6) is 0.345. The maximum Gasteiger partial charge on any atom is 0.343 e. The van der Waals surface area contributed by atoms with Crippen molar-refractivity contribution in [3.8, 4) is 11.3 Å². The van der Waals surface area contributed by atoms with E-state index >= 15 is 0 Å². The van der Waals surface area contributed by atoms with Gasteiger partial charge in [-0.05, 0) is 31.0 Å². The van der Waals surface area contributed by atoms with Gasteiger partial charge in [0, 0.05) is 56.7 Å². The van der Waals surface area contributed by atoms with Gasteiger partial charge in [0.1, 0.15) is 23.1 Å². The third-order valence-electron chi connectivity index (χ3n) is 7.40. The van der Waals surface area contributed by atoms with E-state index in [1.807, 2.05) is 37.4 Å². The molecule has 1 unspecified atom stereocenters. The number of hydrogen-bond acceptors (Lipinski definition) is 8. The summed E-state index contributed by atoms with van der Waals surface area (Å²) in [6.07, 6.45) is 6.15. The van der Waals surface area contributed by atoms with Crippen LogP contribution in [0.1, 0.15) is 35.3 Å². The molecule has 2 atom stereocenters. The quantitative estimate of drug-likeness (QED) is 0.265. The van der Waals surface area contributed by atoms with Crippen LogP contribution in [0.3, 0.4) is 0 Å². The molecule has 6 rings (SSSR count). The lowest BCUT2D eigenvalue weighted by atomic mass is 10.1. The average Bonchev–Trinajstić information content (AvgIpc) is 3.59. The fourth-order valence-corrected chi connectivity index (χ4v) is 5.43. The second-order valence-electron chi connectivity index (χ2n) is 9.89. The molecule has 4 aromatic heterocycles. The third kappa shape index (κ3) is 4.69. The number of rotatable bonds is 8. The van der Waals surface area contributed by atoms with Crippen molar-refractivity contribution in [3.05, 3.63) is 78.2 Å². The van der Waals surface area contributed by atoms with Gasteiger partial charge in [0.15, 0.2) is 5.65 Å². The molecule has 1 aliphatic heterocycles. The maximum absolute atomic E-state index is 12.9. The van der Waals surface area contributed by atoms with Gasteiger partial charge in [-0.3, -0.25) is 0 Å². The highest BCUT2D eigenvalue weighted by atomic mass is 16.5. The molecule has 0 N–H and O–H groups in total. The Morgan fingerprint density at radius 3 is 2.83 bits per heavy atom. The Morgan fingerprint density at radius 1 is 1.18 bits per heavy atom. The fourth-order valence-electron chi connectivity index (χ4n) is 5.43. The Kier molecular flexibility index (Phi) is 7.19. The predicted octanol–water partition coefficient (Wildman–Crippen LogP) is 4.54. The molecule has 10 nitrogen and oxygen atoms in total. The van der Waals surface area contributed by atoms with E-state index in [0.29, 0.717) is 36.7 Å². The summed E-state index contributed by atoms with van der Waals surface area (Å²) in [5.41, 5.74) is 4.40. The molecular formula is C30H32N6O4. The monoisotopic (exact) mass is 540 g/mol. The number of anilines is 1. The molecule has 1 fully saturated rings. The van der Waals surface area contributed by atoms with Crippen LogP contribution in [0.5, 0.6) is 0 Å². The zero-order valence-corrected chi connectivity index (χ0v) is 22.9. The van der Waals surface area contributed by atoms with Crippen LogP contribution >= 0.6 is 0 Å². The number of methoxy groups -OCH3 is 1. The third-order valence-corrected chi connectivity index (χ3v) is 7.40. The van der Waals surface area contributed by atoms with Crippen molar-refractivity contribution in [2.45, 2.75) is 32.0 Å². The van der Waals surface area contributed by atoms with E-state index in [-0.39, 0.29) is 18.8 Å². The van der Waals surface area contributed by atoms with Gasteiger partial charge in [0.25, 0.3) is 0 Å². The zero-order valence-electron chi connectivity index (χ0n) is 22.9. The molecule has 5 heterocycles. The van der Waals surface area contributed by atoms with Gasteiger partial charge in [-0.25, -0.2) is 14.8 Å². The molecule has 1 aromatic carbocycles. The Bertz CT molecular complexity index is 1650. The number of esters is 1. The highest BCUT2D eigenvalue weighted by Gasteiger charge is 2.30.